The van der Waals surface area contributed by atoms with Crippen molar-refractivity contribution < 1.29 is 5.48 Å². The molecule has 56 valence electrons. The third kappa shape index (κ3) is 1.87. The number of nitrogens with two attached hydrogens (primary N) is 1. The molecule has 0 atom stereocenters. The van der Waals surface area contributed by atoms with Crippen molar-refractivity contribution in [3.8, 4) is 0 Å². The van der Waals surface area contributed by atoms with E-state index >= 15 is 0 Å². The lowest BCUT2D eigenvalue weighted by Gasteiger charge is -1.90. The molecule has 1 rings (SSSR count). The Bertz CT molecular complexity index is 245. The van der Waals surface area contributed by atoms with E-state index in [4.69, 9.17) is 5.73 Å². The molecule has 0 aliphatic heterocycles. The summed E-state index contributed by atoms with van der Waals surface area (Å²) in [7, 11) is 0. The highest BCUT2D eigenvalue weighted by atomic mass is 16.1. The Kier molecular flexibility index (Phi) is 2.57. The molecule has 10 heavy (non-hydrogen) atoms. The lowest BCUT2D eigenvalue weighted by molar-refractivity contribution is 0.824. The van der Waals surface area contributed by atoms with Crippen LogP contribution in [0.3, 0.4) is 0 Å². The van der Waals surface area contributed by atoms with Crippen LogP contribution in [0.5, 0.6) is 0 Å². The van der Waals surface area contributed by atoms with Gasteiger partial charge in [0.05, 0.1) is 0 Å². The van der Waals surface area contributed by atoms with Gasteiger partial charge in [0, 0.05) is 6.07 Å². The van der Waals surface area contributed by atoms with Crippen molar-refractivity contribution >= 4 is 5.82 Å². The van der Waals surface area contributed by atoms with Crippen molar-refractivity contribution in [1.29, 1.82) is 0 Å². The summed E-state index contributed by atoms with van der Waals surface area (Å²) < 4.78 is 0. The smallest absolute Gasteiger partial charge is 0.252 e. The van der Waals surface area contributed by atoms with Crippen LogP contribution in [0.4, 0.5) is 5.82 Å². The molecular formula is C5H9N3O2. The van der Waals surface area contributed by atoms with Gasteiger partial charge in [-0.15, -0.1) is 0 Å². The van der Waals surface area contributed by atoms with Crippen LogP contribution in [0, 0.1) is 6.92 Å². The van der Waals surface area contributed by atoms with Crippen LogP contribution < -0.4 is 11.3 Å². The van der Waals surface area contributed by atoms with E-state index in [1.165, 1.54) is 6.07 Å². The van der Waals surface area contributed by atoms with E-state index in [0.29, 0.717) is 5.82 Å². The summed E-state index contributed by atoms with van der Waals surface area (Å²) in [5.41, 5.74) is 5.02. The van der Waals surface area contributed by atoms with Crippen molar-refractivity contribution in [3.05, 3.63) is 22.2 Å². The Labute approximate surface area is 57.2 Å². The first kappa shape index (κ1) is 8.64. The minimum atomic E-state index is -0.208. The van der Waals surface area contributed by atoms with Crippen molar-refractivity contribution in [2.75, 3.05) is 5.73 Å². The number of aromatic amines is 1. The largest absolute Gasteiger partial charge is 0.412 e. The Balaban J connectivity index is 0.000000810. The molecule has 1 aromatic heterocycles. The maximum atomic E-state index is 10.5. The van der Waals surface area contributed by atoms with E-state index in [9.17, 15) is 4.79 Å². The molecular weight excluding hydrogens is 134 g/mol. The van der Waals surface area contributed by atoms with Gasteiger partial charge in [-0.25, -0.2) is 4.98 Å². The highest BCUT2D eigenvalue weighted by Crippen LogP contribution is 1.87. The number of rotatable bonds is 0. The van der Waals surface area contributed by atoms with Gasteiger partial charge in [0.15, 0.2) is 0 Å². The topological polar surface area (TPSA) is 103 Å². The van der Waals surface area contributed by atoms with E-state index < -0.39 is 0 Å². The number of nitrogens with one attached hydrogen (secondary N) is 1. The Morgan fingerprint density at radius 3 is 2.70 bits per heavy atom. The summed E-state index contributed by atoms with van der Waals surface area (Å²) >= 11 is 0. The maximum Gasteiger partial charge on any atom is 0.252 e. The Hall–Kier alpha value is -1.36. The SMILES string of the molecule is Cc1nc(N)cc(=O)[nH]1.O. The standard InChI is InChI=1S/C5H7N3O.H2O/c1-3-7-4(6)2-5(9)8-3;/h2H,1H3,(H3,6,7,8,9);1H2. The lowest BCUT2D eigenvalue weighted by atomic mass is 10.5. The maximum absolute atomic E-state index is 10.5. The fraction of sp³-hybridized carbons (Fsp3) is 0.200. The molecule has 0 unspecified atom stereocenters. The molecule has 0 saturated heterocycles. The first-order valence-electron chi connectivity index (χ1n) is 2.52. The summed E-state index contributed by atoms with van der Waals surface area (Å²) in [4.78, 5) is 16.8. The Morgan fingerprint density at radius 2 is 2.30 bits per heavy atom. The van der Waals surface area contributed by atoms with E-state index in [1.807, 2.05) is 0 Å². The molecule has 5 N–H and O–H groups in total. The van der Waals surface area contributed by atoms with Crippen LogP contribution in [0.25, 0.3) is 0 Å². The van der Waals surface area contributed by atoms with E-state index in [0.717, 1.165) is 0 Å². The second kappa shape index (κ2) is 2.98. The Morgan fingerprint density at radius 1 is 1.70 bits per heavy atom. The molecule has 0 amide bonds. The number of H-pyrrole nitrogens is 1. The number of nitrogen functional groups attached to an aromatic ring is 1. The van der Waals surface area contributed by atoms with Crippen molar-refractivity contribution in [1.82, 2.24) is 9.97 Å². The predicted octanol–water partition coefficient (Wildman–Crippen LogP) is -1.16. The molecule has 0 radical (unpaired) electrons. The van der Waals surface area contributed by atoms with Crippen molar-refractivity contribution in [2.45, 2.75) is 6.92 Å². The molecule has 1 aromatic rings. The average molecular weight is 143 g/mol. The summed E-state index contributed by atoms with van der Waals surface area (Å²) in [5, 5.41) is 0. The van der Waals surface area contributed by atoms with Crippen LogP contribution >= 0.6 is 0 Å². The van der Waals surface area contributed by atoms with E-state index in [1.54, 1.807) is 6.92 Å². The molecule has 0 aliphatic carbocycles. The summed E-state index contributed by atoms with van der Waals surface area (Å²) in [5.74, 6) is 0.802. The fourth-order valence-corrected chi connectivity index (χ4v) is 0.603. The van der Waals surface area contributed by atoms with Crippen LogP contribution in [-0.4, -0.2) is 15.4 Å². The predicted molar refractivity (Wildman–Crippen MR) is 37.6 cm³/mol. The summed E-state index contributed by atoms with van der Waals surface area (Å²) in [6.07, 6.45) is 0. The number of aromatic nitrogens is 2. The van der Waals surface area contributed by atoms with Crippen LogP contribution in [0.15, 0.2) is 10.9 Å². The second-order valence-electron chi connectivity index (χ2n) is 1.76. The second-order valence-corrected chi connectivity index (χ2v) is 1.76. The quantitative estimate of drug-likeness (QED) is 0.478. The molecule has 0 aliphatic rings. The zero-order chi connectivity index (χ0) is 6.85. The van der Waals surface area contributed by atoms with Gasteiger partial charge in [-0.1, -0.05) is 0 Å². The molecule has 0 bridgehead atoms. The molecule has 5 heteroatoms. The molecule has 0 aromatic carbocycles. The highest BCUT2D eigenvalue weighted by Gasteiger charge is 1.89. The first-order valence-corrected chi connectivity index (χ1v) is 2.52. The first-order chi connectivity index (χ1) is 4.18. The minimum Gasteiger partial charge on any atom is -0.412 e. The molecule has 0 saturated carbocycles. The fourth-order valence-electron chi connectivity index (χ4n) is 0.603. The number of hydrogen-bond acceptors (Lipinski definition) is 3. The summed E-state index contributed by atoms with van der Waals surface area (Å²) in [6.45, 7) is 1.68. The lowest BCUT2D eigenvalue weighted by Crippen LogP contribution is -2.09. The van der Waals surface area contributed by atoms with Gasteiger partial charge in [0.2, 0.25) is 0 Å². The number of nitrogens with zero attached hydrogens (tertiary/aromatic N) is 1. The average Bonchev–Trinajstić information content (AvgIpc) is 1.59. The zero-order valence-corrected chi connectivity index (χ0v) is 5.51. The molecule has 0 spiro atoms. The van der Waals surface area contributed by atoms with Gasteiger partial charge in [-0.05, 0) is 6.92 Å². The molecule has 5 nitrogen and oxygen atoms in total. The van der Waals surface area contributed by atoms with Crippen LogP contribution in [0.2, 0.25) is 0 Å². The van der Waals surface area contributed by atoms with Crippen LogP contribution in [-0.2, 0) is 0 Å². The van der Waals surface area contributed by atoms with Gasteiger partial charge < -0.3 is 16.2 Å². The normalized spacial score (nSPS) is 8.50. The van der Waals surface area contributed by atoms with Gasteiger partial charge in [0.25, 0.3) is 5.56 Å². The van der Waals surface area contributed by atoms with Gasteiger partial charge in [-0.3, -0.25) is 4.79 Å². The van der Waals surface area contributed by atoms with Gasteiger partial charge in [0.1, 0.15) is 11.6 Å². The van der Waals surface area contributed by atoms with Gasteiger partial charge in [-0.2, -0.15) is 0 Å². The summed E-state index contributed by atoms with van der Waals surface area (Å²) in [6, 6.07) is 1.24. The van der Waals surface area contributed by atoms with E-state index in [-0.39, 0.29) is 16.9 Å². The minimum absolute atomic E-state index is 0. The zero-order valence-electron chi connectivity index (χ0n) is 5.51. The monoisotopic (exact) mass is 143 g/mol. The number of anilines is 1. The van der Waals surface area contributed by atoms with Crippen molar-refractivity contribution in [3.63, 3.8) is 0 Å². The highest BCUT2D eigenvalue weighted by molar-refractivity contribution is 5.24. The van der Waals surface area contributed by atoms with Crippen molar-refractivity contribution in [2.24, 2.45) is 0 Å². The third-order valence-corrected chi connectivity index (χ3v) is 0.880. The van der Waals surface area contributed by atoms with E-state index in [2.05, 4.69) is 9.97 Å². The molecule has 1 heterocycles. The molecule has 0 fully saturated rings. The number of hydrogen-bond donors (Lipinski definition) is 2. The number of aryl methyl sites for hydroxylation is 1. The van der Waals surface area contributed by atoms with Crippen LogP contribution in [0.1, 0.15) is 5.82 Å². The third-order valence-electron chi connectivity index (χ3n) is 0.880. The van der Waals surface area contributed by atoms with Gasteiger partial charge >= 0.3 is 0 Å².